The second-order valence-electron chi connectivity index (χ2n) is 5.38. The molecule has 1 aromatic rings. The lowest BCUT2D eigenvalue weighted by Crippen LogP contribution is -2.55. The molecule has 2 atom stereocenters. The van der Waals surface area contributed by atoms with Crippen molar-refractivity contribution in [3.63, 3.8) is 0 Å². The molecule has 1 saturated heterocycles. The third kappa shape index (κ3) is 2.71. The van der Waals surface area contributed by atoms with Gasteiger partial charge in [0.15, 0.2) is 0 Å². The summed E-state index contributed by atoms with van der Waals surface area (Å²) in [6.07, 6.45) is 0. The van der Waals surface area contributed by atoms with Gasteiger partial charge in [0.1, 0.15) is 5.82 Å². The maximum absolute atomic E-state index is 11.0. The largest absolute Gasteiger partial charge is 0.478 e. The summed E-state index contributed by atoms with van der Waals surface area (Å²) in [5, 5.41) is 9.03. The standard InChI is InChI=1S/C14H21N3O2/c1-9-7-17(8-10(2)16(9)4)13-6-5-12(14(18)19)11(3)15-13/h5-6,9-10H,7-8H2,1-4H3,(H,18,19). The number of aryl methyl sites for hydroxylation is 1. The third-order valence-electron chi connectivity index (χ3n) is 3.99. The van der Waals surface area contributed by atoms with E-state index in [2.05, 4.69) is 35.7 Å². The summed E-state index contributed by atoms with van der Waals surface area (Å²) in [7, 11) is 2.14. The van der Waals surface area contributed by atoms with Gasteiger partial charge in [0, 0.05) is 25.2 Å². The van der Waals surface area contributed by atoms with Crippen LogP contribution in [0.15, 0.2) is 12.1 Å². The lowest BCUT2D eigenvalue weighted by atomic mass is 10.1. The molecule has 0 bridgehead atoms. The van der Waals surface area contributed by atoms with Crippen LogP contribution in [-0.4, -0.2) is 53.2 Å². The number of aromatic nitrogens is 1. The molecular weight excluding hydrogens is 242 g/mol. The molecule has 0 aliphatic carbocycles. The minimum Gasteiger partial charge on any atom is -0.478 e. The van der Waals surface area contributed by atoms with Crippen molar-refractivity contribution in [1.82, 2.24) is 9.88 Å². The van der Waals surface area contributed by atoms with E-state index in [-0.39, 0.29) is 5.56 Å². The normalized spacial score (nSPS) is 24.5. The molecule has 0 saturated carbocycles. The van der Waals surface area contributed by atoms with Gasteiger partial charge in [0.2, 0.25) is 0 Å². The predicted molar refractivity (Wildman–Crippen MR) is 74.8 cm³/mol. The Balaban J connectivity index is 2.23. The van der Waals surface area contributed by atoms with E-state index in [0.29, 0.717) is 17.8 Å². The fourth-order valence-electron chi connectivity index (χ4n) is 2.54. The van der Waals surface area contributed by atoms with Gasteiger partial charge >= 0.3 is 5.97 Å². The highest BCUT2D eigenvalue weighted by atomic mass is 16.4. The monoisotopic (exact) mass is 263 g/mol. The molecule has 104 valence electrons. The Morgan fingerprint density at radius 3 is 2.37 bits per heavy atom. The number of hydrogen-bond acceptors (Lipinski definition) is 4. The van der Waals surface area contributed by atoms with Gasteiger partial charge in [0.25, 0.3) is 0 Å². The summed E-state index contributed by atoms with van der Waals surface area (Å²) < 4.78 is 0. The van der Waals surface area contributed by atoms with E-state index in [4.69, 9.17) is 5.11 Å². The van der Waals surface area contributed by atoms with E-state index in [1.54, 1.807) is 19.1 Å². The number of carboxylic acids is 1. The lowest BCUT2D eigenvalue weighted by Gasteiger charge is -2.43. The van der Waals surface area contributed by atoms with Gasteiger partial charge in [-0.15, -0.1) is 0 Å². The van der Waals surface area contributed by atoms with Crippen molar-refractivity contribution in [2.75, 3.05) is 25.0 Å². The topological polar surface area (TPSA) is 56.7 Å². The Morgan fingerprint density at radius 2 is 1.89 bits per heavy atom. The number of anilines is 1. The van der Waals surface area contributed by atoms with Crippen LogP contribution < -0.4 is 4.90 Å². The number of hydrogen-bond donors (Lipinski definition) is 1. The smallest absolute Gasteiger partial charge is 0.337 e. The fraction of sp³-hybridized carbons (Fsp3) is 0.571. The molecule has 1 aliphatic rings. The van der Waals surface area contributed by atoms with Gasteiger partial charge < -0.3 is 10.0 Å². The quantitative estimate of drug-likeness (QED) is 0.878. The fourth-order valence-corrected chi connectivity index (χ4v) is 2.54. The summed E-state index contributed by atoms with van der Waals surface area (Å²) in [6, 6.07) is 4.38. The number of nitrogens with zero attached hydrogens (tertiary/aromatic N) is 3. The number of piperazine rings is 1. The molecule has 1 N–H and O–H groups in total. The van der Waals surface area contributed by atoms with Crippen LogP contribution in [0.2, 0.25) is 0 Å². The molecule has 19 heavy (non-hydrogen) atoms. The molecule has 5 nitrogen and oxygen atoms in total. The van der Waals surface area contributed by atoms with Crippen LogP contribution in [0, 0.1) is 6.92 Å². The summed E-state index contributed by atoms with van der Waals surface area (Å²) >= 11 is 0. The van der Waals surface area contributed by atoms with Crippen LogP contribution in [0.4, 0.5) is 5.82 Å². The summed E-state index contributed by atoms with van der Waals surface area (Å²) in [4.78, 5) is 20.0. The molecule has 1 aromatic heterocycles. The van der Waals surface area contributed by atoms with Gasteiger partial charge in [-0.1, -0.05) is 0 Å². The Hall–Kier alpha value is -1.62. The Bertz CT molecular complexity index is 478. The molecule has 0 radical (unpaired) electrons. The van der Waals surface area contributed by atoms with E-state index in [1.807, 2.05) is 0 Å². The number of rotatable bonds is 2. The Morgan fingerprint density at radius 1 is 1.32 bits per heavy atom. The number of aromatic carboxylic acids is 1. The van der Waals surface area contributed by atoms with E-state index in [0.717, 1.165) is 18.9 Å². The van der Waals surface area contributed by atoms with Crippen LogP contribution in [0.1, 0.15) is 29.9 Å². The molecule has 0 aromatic carbocycles. The van der Waals surface area contributed by atoms with Crippen molar-refractivity contribution in [1.29, 1.82) is 0 Å². The Kier molecular flexibility index (Phi) is 3.75. The average molecular weight is 263 g/mol. The zero-order valence-corrected chi connectivity index (χ0v) is 11.9. The van der Waals surface area contributed by atoms with Crippen LogP contribution in [0.3, 0.4) is 0 Å². The molecule has 1 fully saturated rings. The van der Waals surface area contributed by atoms with Crippen molar-refractivity contribution >= 4 is 11.8 Å². The summed E-state index contributed by atoms with van der Waals surface area (Å²) in [5.74, 6) is -0.0500. The maximum atomic E-state index is 11.0. The predicted octanol–water partition coefficient (Wildman–Crippen LogP) is 1.62. The first-order valence-corrected chi connectivity index (χ1v) is 6.58. The van der Waals surface area contributed by atoms with Crippen molar-refractivity contribution in [2.45, 2.75) is 32.9 Å². The molecule has 0 amide bonds. The zero-order valence-electron chi connectivity index (χ0n) is 11.9. The molecular formula is C14H21N3O2. The van der Waals surface area contributed by atoms with Crippen molar-refractivity contribution in [3.8, 4) is 0 Å². The van der Waals surface area contributed by atoms with Gasteiger partial charge in [0.05, 0.1) is 11.3 Å². The molecule has 2 unspecified atom stereocenters. The van der Waals surface area contributed by atoms with Gasteiger partial charge in [-0.3, -0.25) is 4.90 Å². The number of pyridine rings is 1. The second kappa shape index (κ2) is 5.17. The number of carbonyl (C=O) groups is 1. The highest BCUT2D eigenvalue weighted by Crippen LogP contribution is 2.21. The first-order chi connectivity index (χ1) is 8.90. The van der Waals surface area contributed by atoms with Crippen LogP contribution in [0.25, 0.3) is 0 Å². The zero-order chi connectivity index (χ0) is 14.2. The first kappa shape index (κ1) is 13.8. The van der Waals surface area contributed by atoms with E-state index < -0.39 is 5.97 Å². The molecule has 0 spiro atoms. The highest BCUT2D eigenvalue weighted by Gasteiger charge is 2.27. The third-order valence-corrected chi connectivity index (χ3v) is 3.99. The van der Waals surface area contributed by atoms with Crippen LogP contribution >= 0.6 is 0 Å². The van der Waals surface area contributed by atoms with Gasteiger partial charge in [-0.2, -0.15) is 0 Å². The molecule has 5 heteroatoms. The summed E-state index contributed by atoms with van der Waals surface area (Å²) in [6.45, 7) is 7.97. The van der Waals surface area contributed by atoms with E-state index in [9.17, 15) is 4.79 Å². The highest BCUT2D eigenvalue weighted by molar-refractivity contribution is 5.89. The first-order valence-electron chi connectivity index (χ1n) is 6.58. The van der Waals surface area contributed by atoms with Crippen LogP contribution in [0.5, 0.6) is 0 Å². The van der Waals surface area contributed by atoms with Crippen molar-refractivity contribution in [3.05, 3.63) is 23.4 Å². The number of likely N-dealkylation sites (N-methyl/N-ethyl adjacent to an activating group) is 1. The minimum absolute atomic E-state index is 0.277. The van der Waals surface area contributed by atoms with Crippen molar-refractivity contribution in [2.24, 2.45) is 0 Å². The average Bonchev–Trinajstić information content (AvgIpc) is 2.34. The van der Waals surface area contributed by atoms with E-state index >= 15 is 0 Å². The number of carboxylic acid groups (broad SMARTS) is 1. The second-order valence-corrected chi connectivity index (χ2v) is 5.38. The Labute approximate surface area is 113 Å². The molecule has 1 aliphatic heterocycles. The lowest BCUT2D eigenvalue weighted by molar-refractivity contribution is 0.0695. The molecule has 2 rings (SSSR count). The van der Waals surface area contributed by atoms with Gasteiger partial charge in [-0.25, -0.2) is 9.78 Å². The van der Waals surface area contributed by atoms with Crippen LogP contribution in [-0.2, 0) is 0 Å². The molecule has 2 heterocycles. The minimum atomic E-state index is -0.920. The maximum Gasteiger partial charge on any atom is 0.337 e. The van der Waals surface area contributed by atoms with E-state index in [1.165, 1.54) is 0 Å². The summed E-state index contributed by atoms with van der Waals surface area (Å²) in [5.41, 5.74) is 0.850. The van der Waals surface area contributed by atoms with Crippen molar-refractivity contribution < 1.29 is 9.90 Å². The SMILES string of the molecule is Cc1nc(N2CC(C)N(C)C(C)C2)ccc1C(=O)O. The van der Waals surface area contributed by atoms with Gasteiger partial charge in [-0.05, 0) is 40.0 Å².